The third-order valence-electron chi connectivity index (χ3n) is 17.6. The highest BCUT2D eigenvalue weighted by Gasteiger charge is 2.51. The number of nitrogens with one attached hydrogen (secondary N) is 7. The van der Waals surface area contributed by atoms with Gasteiger partial charge in [-0.05, 0) is 103 Å². The lowest BCUT2D eigenvalue weighted by atomic mass is 9.86. The number of fused-ring (bicyclic) bond motifs is 15. The summed E-state index contributed by atoms with van der Waals surface area (Å²) < 4.78 is 38.2. The quantitative estimate of drug-likeness (QED) is 0.0524. The minimum absolute atomic E-state index is 0.189. The van der Waals surface area contributed by atoms with Crippen molar-refractivity contribution in [2.45, 2.75) is 150 Å². The largest absolute Gasteiger partial charge is 0.508 e. The van der Waals surface area contributed by atoms with Gasteiger partial charge in [0.2, 0.25) is 47.5 Å². The summed E-state index contributed by atoms with van der Waals surface area (Å²) in [6.45, 7) is 5.29. The molecule has 0 aromatic heterocycles. The number of hydrogen-bond acceptors (Lipinski definition) is 26. The summed E-state index contributed by atoms with van der Waals surface area (Å²) in [4.78, 5) is 129. The Balaban J connectivity index is 1.24. The molecule has 2 saturated heterocycles. The lowest BCUT2D eigenvalue weighted by Gasteiger charge is -2.47. The number of benzene rings is 5. The Morgan fingerprint density at radius 1 is 0.712 bits per heavy atom. The van der Waals surface area contributed by atoms with Crippen molar-refractivity contribution in [1.82, 2.24) is 37.3 Å². The summed E-state index contributed by atoms with van der Waals surface area (Å²) in [6.07, 6.45) is -19.4. The number of rotatable bonds is 13. The molecule has 2 fully saturated rings. The van der Waals surface area contributed by atoms with Gasteiger partial charge in [0.1, 0.15) is 95.2 Å². The van der Waals surface area contributed by atoms with Crippen LogP contribution in [0.1, 0.15) is 105 Å². The van der Waals surface area contributed by atoms with Crippen LogP contribution < -0.4 is 68.7 Å². The number of urea groups is 1. The molecule has 0 saturated carbocycles. The highest BCUT2D eigenvalue weighted by molar-refractivity contribution is 6.39. The van der Waals surface area contributed by atoms with Crippen LogP contribution in [0.15, 0.2) is 84.0 Å². The number of ether oxygens (including phenoxy) is 6. The van der Waals surface area contributed by atoms with E-state index in [9.17, 15) is 79.8 Å². The second-order valence-electron chi connectivity index (χ2n) is 25.8. The molecule has 0 unspecified atom stereocenters. The van der Waals surface area contributed by atoms with Crippen LogP contribution in [0, 0.1) is 5.92 Å². The number of carboxylic acid groups (broad SMARTS) is 1. The summed E-state index contributed by atoms with van der Waals surface area (Å²) in [5, 5.41) is 131. The zero-order chi connectivity index (χ0) is 75.8. The van der Waals surface area contributed by atoms with Crippen molar-refractivity contribution in [2.75, 3.05) is 6.61 Å². The van der Waals surface area contributed by atoms with Gasteiger partial charge >= 0.3 is 12.0 Å². The number of carbonyl (C=O) groups is 9. The number of aliphatic hydroxyl groups excluding tert-OH is 6. The van der Waals surface area contributed by atoms with E-state index in [0.29, 0.717) is 0 Å². The molecule has 0 radical (unpaired) electrons. The van der Waals surface area contributed by atoms with Crippen LogP contribution in [0.5, 0.6) is 46.0 Å². The van der Waals surface area contributed by atoms with Crippen LogP contribution in [0.3, 0.4) is 0 Å². The molecule has 7 aliphatic rings. The van der Waals surface area contributed by atoms with Crippen molar-refractivity contribution in [1.29, 1.82) is 0 Å². The summed E-state index contributed by atoms with van der Waals surface area (Å²) in [7, 11) is 0. The molecule has 23 N–H and O–H groups in total. The number of halogens is 2. The molecule has 104 heavy (non-hydrogen) atoms. The first-order chi connectivity index (χ1) is 49.0. The number of aliphatic carboxylic acids is 1. The lowest BCUT2D eigenvalue weighted by molar-refractivity contribution is -0.333. The molecule has 17 atom stereocenters. The van der Waals surface area contributed by atoms with Gasteiger partial charge in [-0.3, -0.25) is 33.6 Å². The van der Waals surface area contributed by atoms with Crippen molar-refractivity contribution < 1.29 is 123 Å². The van der Waals surface area contributed by atoms with Crippen molar-refractivity contribution in [3.63, 3.8) is 0 Å². The number of phenols is 3. The number of carbonyl (C=O) groups excluding carboxylic acids is 8. The first-order valence-electron chi connectivity index (χ1n) is 31.9. The molecular formula is C66H73Cl2N11O25. The molecule has 9 amide bonds. The minimum atomic E-state index is -2.40. The number of carboxylic acids is 1. The van der Waals surface area contributed by atoms with E-state index in [2.05, 4.69) is 37.0 Å². The van der Waals surface area contributed by atoms with Crippen molar-refractivity contribution in [3.8, 4) is 57.1 Å². The predicted molar refractivity (Wildman–Crippen MR) is 357 cm³/mol. The van der Waals surface area contributed by atoms with Gasteiger partial charge < -0.3 is 129 Å². The number of amides is 9. The third-order valence-corrected chi connectivity index (χ3v) is 18.1. The van der Waals surface area contributed by atoms with Gasteiger partial charge in [-0.2, -0.15) is 5.10 Å². The Bertz CT molecular complexity index is 4280. The Hall–Kier alpha value is -10.2. The number of primary amides is 2. The molecule has 12 rings (SSSR count). The van der Waals surface area contributed by atoms with E-state index >= 15 is 14.4 Å². The van der Waals surface area contributed by atoms with Gasteiger partial charge in [0.25, 0.3) is 5.91 Å². The summed E-state index contributed by atoms with van der Waals surface area (Å²) in [6, 6.07) is -1.76. The third kappa shape index (κ3) is 16.4. The smallest absolute Gasteiger partial charge is 0.332 e. The van der Waals surface area contributed by atoms with E-state index in [-0.39, 0.29) is 35.4 Å². The molecular weight excluding hydrogens is 1420 g/mol. The summed E-state index contributed by atoms with van der Waals surface area (Å²) >= 11 is 14.1. The molecule has 36 nitrogen and oxygen atoms in total. The maximum absolute atomic E-state index is 16.0. The molecule has 0 aliphatic carbocycles. The monoisotopic (exact) mass is 1490 g/mol. The highest BCUT2D eigenvalue weighted by atomic mass is 35.5. The van der Waals surface area contributed by atoms with Gasteiger partial charge in [-0.25, -0.2) is 15.0 Å². The summed E-state index contributed by atoms with van der Waals surface area (Å²) in [5.41, 5.74) is 14.4. The molecule has 5 aromatic carbocycles. The van der Waals surface area contributed by atoms with Crippen LogP contribution in [0.2, 0.25) is 10.0 Å². The van der Waals surface area contributed by atoms with Crippen molar-refractivity contribution >= 4 is 82.3 Å². The van der Waals surface area contributed by atoms with Gasteiger partial charge in [0.05, 0.1) is 35.3 Å². The first kappa shape index (κ1) is 76.4. The fraction of sp³-hybridized carbons (Fsp3) is 0.394. The molecule has 7 aliphatic heterocycles. The minimum Gasteiger partial charge on any atom is -0.508 e. The van der Waals surface area contributed by atoms with E-state index in [1.165, 1.54) is 13.8 Å². The van der Waals surface area contributed by atoms with E-state index < -0.39 is 254 Å². The lowest BCUT2D eigenvalue weighted by Crippen LogP contribution is -2.64. The fourth-order valence-electron chi connectivity index (χ4n) is 12.3. The average molecular weight is 1490 g/mol. The Morgan fingerprint density at radius 2 is 1.32 bits per heavy atom. The van der Waals surface area contributed by atoms with Gasteiger partial charge in [0, 0.05) is 34.7 Å². The van der Waals surface area contributed by atoms with Crippen LogP contribution in [0.4, 0.5) is 4.79 Å². The highest BCUT2D eigenvalue weighted by Crippen LogP contribution is 2.50. The second-order valence-corrected chi connectivity index (χ2v) is 26.7. The number of nitrogens with two attached hydrogens (primary N) is 3. The van der Waals surface area contributed by atoms with Crippen molar-refractivity contribution in [3.05, 3.63) is 117 Å². The number of hydrogen-bond donors (Lipinski definition) is 20. The fourth-order valence-corrected chi connectivity index (χ4v) is 12.8. The molecule has 5 aromatic rings. The molecule has 7 heterocycles. The zero-order valence-corrected chi connectivity index (χ0v) is 56.7. The Labute approximate surface area is 598 Å². The zero-order valence-electron chi connectivity index (χ0n) is 55.2. The molecule has 0 spiro atoms. The van der Waals surface area contributed by atoms with Crippen LogP contribution >= 0.6 is 23.2 Å². The van der Waals surface area contributed by atoms with E-state index in [1.807, 2.05) is 5.43 Å². The van der Waals surface area contributed by atoms with Crippen LogP contribution in [0.25, 0.3) is 11.1 Å². The van der Waals surface area contributed by atoms with Gasteiger partial charge in [-0.1, -0.05) is 55.2 Å². The number of aromatic hydroxyl groups is 3. The Morgan fingerprint density at radius 3 is 1.90 bits per heavy atom. The topological polar surface area (TPSA) is 586 Å². The number of nitrogens with zero attached hydrogens (tertiary/aromatic N) is 1. The van der Waals surface area contributed by atoms with E-state index in [0.717, 1.165) is 78.9 Å². The maximum Gasteiger partial charge on any atom is 0.332 e. The summed E-state index contributed by atoms with van der Waals surface area (Å²) in [5.74, 6) is -17.3. The predicted octanol–water partition coefficient (Wildman–Crippen LogP) is -0.458. The van der Waals surface area contributed by atoms with Gasteiger partial charge in [-0.15, -0.1) is 0 Å². The van der Waals surface area contributed by atoms with Crippen LogP contribution in [-0.4, -0.2) is 190 Å². The second kappa shape index (κ2) is 31.0. The number of hydrazone groups is 1. The number of aliphatic hydroxyl groups is 6. The standard InChI is InChI=1S/C66H73Cl2N11O25/c1-22(2)11-34(78-79-65(70)98)58(91)76-48-50(85)25-6-9-37(31(67)13-25)100-39-15-27-16-40(54(39)104-64-55(53(88)52(87)41(21-80)102-64)103-43-20-66(4,71)56(89)23(3)99-43)101-38-10-7-26(14-32(38)68)51(86)49-62(95)75-47(63(96)97)30-17-28(81)18-36(83)44(30)29-12-24(5-8-35(29)82)45(59(92)77-49)74-60(93)46(27)73-57(90)33(19-42(69)84)72-61(48)94/h5-10,12-18,22-23,33,41,43,45-53,55-56,64,80-83,85-89H,11,19-21,71H2,1-4H3,(H2,69,84)(H,72,94)(H,73,90)(H,74,93)(H,75,95)(H,76,91)(H,77,92)(H,96,97)(H3,70,79,98)/b78-34-/t23-,33-,41+,43-,45+,46+,47-,48+,49-,50+,51+,52+,53-,55+,56+,64-,66-/m0/s1. The van der Waals surface area contributed by atoms with Crippen LogP contribution in [-0.2, 0) is 52.6 Å². The van der Waals surface area contributed by atoms with Gasteiger partial charge in [0.15, 0.2) is 29.9 Å². The van der Waals surface area contributed by atoms with E-state index in [4.69, 9.17) is 68.8 Å². The van der Waals surface area contributed by atoms with E-state index in [1.54, 1.807) is 13.8 Å². The first-order valence-corrected chi connectivity index (χ1v) is 32.7. The molecule has 556 valence electrons. The molecule has 38 heteroatoms. The SMILES string of the molecule is CC(C)C/C(=N/NC(N)=O)C(=O)N[C@H]1C(=O)N[C@@H](CC(N)=O)C(=O)N[C@H]2C(=O)N[C@H]3C(=O)N[C@H](C(=O)N[C@H](C(=O)O)c4cc(O)cc(O)c4-c4cc3ccc4O)[C@H](O)c3ccc(c(Cl)c3)Oc3cc2cc(c3O[C@@H]2O[C@H](CO)[C@@H](O)[C@H](O)[C@H]2O[C@H]2C[C@](C)(N)[C@H](O)[C@H](C)O2)Oc2ccc(cc2Cl)[C@H]1O. The maximum atomic E-state index is 16.0. The Kier molecular flexibility index (Phi) is 22.8. The number of phenolic OH excluding ortho intramolecular Hbond substituents is 3. The molecule has 11 bridgehead atoms. The average Bonchev–Trinajstić information content (AvgIpc) is 0.769. The van der Waals surface area contributed by atoms with Crippen molar-refractivity contribution in [2.24, 2.45) is 28.2 Å². The normalized spacial score (nSPS) is 28.7.